The minimum Gasteiger partial charge on any atom is -0.325 e. The molecule has 7 heteroatoms. The van der Waals surface area contributed by atoms with E-state index in [-0.39, 0.29) is 12.5 Å². The van der Waals surface area contributed by atoms with Crippen LogP contribution in [0.2, 0.25) is 5.02 Å². The minimum absolute atomic E-state index is 0.336. The molecule has 6 nitrogen and oxygen atoms in total. The van der Waals surface area contributed by atoms with Crippen LogP contribution < -0.4 is 10.6 Å². The maximum absolute atomic E-state index is 13.1. The summed E-state index contributed by atoms with van der Waals surface area (Å²) in [6, 6.07) is 13.7. The van der Waals surface area contributed by atoms with E-state index < -0.39 is 17.5 Å². The van der Waals surface area contributed by atoms with E-state index in [1.165, 1.54) is 0 Å². The van der Waals surface area contributed by atoms with E-state index in [2.05, 4.69) is 10.6 Å². The molecule has 0 saturated carbocycles. The SMILES string of the molecule is O=C(CN1C(=O)N[C@]2(CCCc3ccccc32)C1=O)Nc1ccc(Cl)cc1. The summed E-state index contributed by atoms with van der Waals surface area (Å²) >= 11 is 5.83. The lowest BCUT2D eigenvalue weighted by Crippen LogP contribution is -2.47. The number of carbonyl (C=O) groups excluding carboxylic acids is 3. The molecule has 138 valence electrons. The molecule has 1 aliphatic heterocycles. The third kappa shape index (κ3) is 3.06. The van der Waals surface area contributed by atoms with Crippen molar-refractivity contribution < 1.29 is 14.4 Å². The van der Waals surface area contributed by atoms with E-state index in [0.717, 1.165) is 28.9 Å². The third-order valence-electron chi connectivity index (χ3n) is 5.08. The topological polar surface area (TPSA) is 78.5 Å². The van der Waals surface area contributed by atoms with Gasteiger partial charge in [-0.15, -0.1) is 0 Å². The van der Waals surface area contributed by atoms with Crippen LogP contribution in [0.5, 0.6) is 0 Å². The van der Waals surface area contributed by atoms with E-state index in [1.54, 1.807) is 24.3 Å². The maximum Gasteiger partial charge on any atom is 0.325 e. The van der Waals surface area contributed by atoms with Gasteiger partial charge < -0.3 is 10.6 Å². The first-order valence-electron chi connectivity index (χ1n) is 8.77. The van der Waals surface area contributed by atoms with Crippen molar-refractivity contribution in [3.63, 3.8) is 0 Å². The number of urea groups is 1. The minimum atomic E-state index is -1.06. The molecule has 0 aromatic heterocycles. The highest BCUT2D eigenvalue weighted by Crippen LogP contribution is 2.39. The number of anilines is 1. The number of halogens is 1. The van der Waals surface area contributed by atoms with Gasteiger partial charge in [0.15, 0.2) is 0 Å². The normalized spacial score (nSPS) is 21.1. The summed E-state index contributed by atoms with van der Waals surface area (Å²) < 4.78 is 0. The predicted molar refractivity (Wildman–Crippen MR) is 101 cm³/mol. The molecule has 1 saturated heterocycles. The van der Waals surface area contributed by atoms with Gasteiger partial charge in [-0.05, 0) is 54.7 Å². The molecule has 1 aliphatic carbocycles. The smallest absolute Gasteiger partial charge is 0.325 e. The van der Waals surface area contributed by atoms with Crippen molar-refractivity contribution in [1.82, 2.24) is 10.2 Å². The Morgan fingerprint density at radius 1 is 1.15 bits per heavy atom. The Morgan fingerprint density at radius 3 is 2.67 bits per heavy atom. The van der Waals surface area contributed by atoms with Crippen LogP contribution in [0.15, 0.2) is 48.5 Å². The molecule has 2 aromatic carbocycles. The van der Waals surface area contributed by atoms with E-state index in [1.807, 2.05) is 24.3 Å². The van der Waals surface area contributed by atoms with E-state index in [0.29, 0.717) is 17.1 Å². The molecular weight excluding hydrogens is 366 g/mol. The van der Waals surface area contributed by atoms with E-state index in [4.69, 9.17) is 11.6 Å². The van der Waals surface area contributed by atoms with Crippen LogP contribution in [-0.2, 0) is 21.5 Å². The molecule has 0 radical (unpaired) electrons. The number of aryl methyl sites for hydroxylation is 1. The fraction of sp³-hybridized carbons (Fsp3) is 0.250. The van der Waals surface area contributed by atoms with Crippen LogP contribution in [0.4, 0.5) is 10.5 Å². The lowest BCUT2D eigenvalue weighted by molar-refractivity contribution is -0.134. The molecule has 4 amide bonds. The highest BCUT2D eigenvalue weighted by atomic mass is 35.5. The number of amides is 4. The van der Waals surface area contributed by atoms with Crippen LogP contribution in [0.25, 0.3) is 0 Å². The highest BCUT2D eigenvalue weighted by Gasteiger charge is 2.54. The number of nitrogens with zero attached hydrogens (tertiary/aromatic N) is 1. The molecule has 1 fully saturated rings. The number of nitrogens with one attached hydrogen (secondary N) is 2. The van der Waals surface area contributed by atoms with Gasteiger partial charge in [-0.3, -0.25) is 14.5 Å². The van der Waals surface area contributed by atoms with Crippen LogP contribution in [0.1, 0.15) is 24.0 Å². The van der Waals surface area contributed by atoms with Gasteiger partial charge in [0.25, 0.3) is 5.91 Å². The summed E-state index contributed by atoms with van der Waals surface area (Å²) in [5, 5.41) is 6.07. The van der Waals surface area contributed by atoms with Gasteiger partial charge in [-0.1, -0.05) is 35.9 Å². The second-order valence-corrected chi connectivity index (χ2v) is 7.23. The van der Waals surface area contributed by atoms with Crippen molar-refractivity contribution in [2.45, 2.75) is 24.8 Å². The molecule has 2 aromatic rings. The lowest BCUT2D eigenvalue weighted by atomic mass is 9.76. The summed E-state index contributed by atoms with van der Waals surface area (Å²) in [7, 11) is 0. The number of hydrogen-bond acceptors (Lipinski definition) is 3. The van der Waals surface area contributed by atoms with Crippen LogP contribution in [-0.4, -0.2) is 29.3 Å². The number of fused-ring (bicyclic) bond motifs is 2. The fourth-order valence-electron chi connectivity index (χ4n) is 3.83. The van der Waals surface area contributed by atoms with Gasteiger partial charge in [0.2, 0.25) is 5.91 Å². The molecule has 2 aliphatic rings. The second-order valence-electron chi connectivity index (χ2n) is 6.79. The van der Waals surface area contributed by atoms with Crippen LogP contribution in [0.3, 0.4) is 0 Å². The average Bonchev–Trinajstić information content (AvgIpc) is 2.89. The van der Waals surface area contributed by atoms with Crippen molar-refractivity contribution in [3.05, 3.63) is 64.7 Å². The first-order valence-corrected chi connectivity index (χ1v) is 9.15. The van der Waals surface area contributed by atoms with Crippen LogP contribution >= 0.6 is 11.6 Å². The average molecular weight is 384 g/mol. The molecule has 1 heterocycles. The van der Waals surface area contributed by atoms with Gasteiger partial charge in [0.05, 0.1) is 0 Å². The van der Waals surface area contributed by atoms with Gasteiger partial charge >= 0.3 is 6.03 Å². The van der Waals surface area contributed by atoms with Gasteiger partial charge in [-0.25, -0.2) is 4.79 Å². The number of hydrogen-bond donors (Lipinski definition) is 2. The largest absolute Gasteiger partial charge is 0.325 e. The lowest BCUT2D eigenvalue weighted by Gasteiger charge is -2.33. The summed E-state index contributed by atoms with van der Waals surface area (Å²) in [6.45, 7) is -0.336. The standard InChI is InChI=1S/C20H18ClN3O3/c21-14-7-9-15(10-8-14)22-17(25)12-24-18(26)20(23-19(24)27)11-3-5-13-4-1-2-6-16(13)20/h1-2,4,6-10H,3,5,11-12H2,(H,22,25)(H,23,27)/t20-/m0/s1. The molecule has 2 N–H and O–H groups in total. The maximum atomic E-state index is 13.1. The van der Waals surface area contributed by atoms with Gasteiger partial charge in [0, 0.05) is 10.7 Å². The van der Waals surface area contributed by atoms with Gasteiger partial charge in [-0.2, -0.15) is 0 Å². The zero-order valence-electron chi connectivity index (χ0n) is 14.5. The predicted octanol–water partition coefficient (Wildman–Crippen LogP) is 3.06. The Hall–Kier alpha value is -2.86. The number of carbonyl (C=O) groups is 3. The first kappa shape index (κ1) is 17.5. The number of benzene rings is 2. The number of imide groups is 1. The number of rotatable bonds is 3. The zero-order valence-corrected chi connectivity index (χ0v) is 15.3. The van der Waals surface area contributed by atoms with Crippen molar-refractivity contribution in [2.75, 3.05) is 11.9 Å². The van der Waals surface area contributed by atoms with Gasteiger partial charge in [0.1, 0.15) is 12.1 Å². The molecule has 27 heavy (non-hydrogen) atoms. The Bertz CT molecular complexity index is 928. The zero-order chi connectivity index (χ0) is 19.0. The van der Waals surface area contributed by atoms with Crippen molar-refractivity contribution in [3.8, 4) is 0 Å². The molecule has 1 atom stereocenters. The monoisotopic (exact) mass is 383 g/mol. The Labute approximate surface area is 161 Å². The molecule has 4 rings (SSSR count). The Balaban J connectivity index is 1.54. The molecule has 0 bridgehead atoms. The highest BCUT2D eigenvalue weighted by molar-refractivity contribution is 6.30. The van der Waals surface area contributed by atoms with Crippen molar-refractivity contribution >= 4 is 35.1 Å². The Kier molecular flexibility index (Phi) is 4.36. The summed E-state index contributed by atoms with van der Waals surface area (Å²) in [5.74, 6) is -0.812. The third-order valence-corrected chi connectivity index (χ3v) is 5.33. The molecular formula is C20H18ClN3O3. The Morgan fingerprint density at radius 2 is 1.89 bits per heavy atom. The summed E-state index contributed by atoms with van der Waals surface area (Å²) in [4.78, 5) is 39.0. The van der Waals surface area contributed by atoms with Crippen LogP contribution in [0, 0.1) is 0 Å². The summed E-state index contributed by atoms with van der Waals surface area (Å²) in [6.07, 6.45) is 2.20. The van der Waals surface area contributed by atoms with E-state index in [9.17, 15) is 14.4 Å². The van der Waals surface area contributed by atoms with Crippen molar-refractivity contribution in [1.29, 1.82) is 0 Å². The van der Waals surface area contributed by atoms with Crippen molar-refractivity contribution in [2.24, 2.45) is 0 Å². The second kappa shape index (κ2) is 6.70. The quantitative estimate of drug-likeness (QED) is 0.799. The molecule has 1 spiro atoms. The first-order chi connectivity index (χ1) is 13.0. The van der Waals surface area contributed by atoms with E-state index >= 15 is 0 Å². The summed E-state index contributed by atoms with van der Waals surface area (Å²) in [5.41, 5.74) is 1.38. The molecule has 0 unspecified atom stereocenters. The fourth-order valence-corrected chi connectivity index (χ4v) is 3.96.